The van der Waals surface area contributed by atoms with E-state index in [0.717, 1.165) is 82.5 Å². The van der Waals surface area contributed by atoms with Gasteiger partial charge in [0, 0.05) is 42.4 Å². The molecule has 2 aliphatic rings. The van der Waals surface area contributed by atoms with Gasteiger partial charge in [0.05, 0.1) is 22.2 Å². The standard InChI is InChI=1S/C54H36BrN3O/c1-54(2)43-16-8-4-7-14-37(43)39-31-48-41(30-44(39)54)40-28-35(36-25-27-49-42(29-36)51-45(55)17-11-19-50(51)59-49)24-26-47(40)58(48)53-56-46-18-10-9-15-38(46)52(57-53)34-22-20-33(21-23-34)32-12-5-3-6-13-32/h3-15,17-31H,16H2,1-2H3. The van der Waals surface area contributed by atoms with Crippen molar-refractivity contribution in [2.24, 2.45) is 0 Å². The van der Waals surface area contributed by atoms with Gasteiger partial charge in [-0.3, -0.25) is 4.57 Å². The molecule has 7 aromatic carbocycles. The lowest BCUT2D eigenvalue weighted by atomic mass is 9.79. The van der Waals surface area contributed by atoms with Gasteiger partial charge in [0.15, 0.2) is 0 Å². The van der Waals surface area contributed by atoms with E-state index < -0.39 is 0 Å². The molecule has 0 atom stereocenters. The molecule has 0 aliphatic heterocycles. The summed E-state index contributed by atoms with van der Waals surface area (Å²) in [5.74, 6) is 0.652. The highest BCUT2D eigenvalue weighted by atomic mass is 79.9. The van der Waals surface area contributed by atoms with E-state index in [0.29, 0.717) is 5.95 Å². The van der Waals surface area contributed by atoms with Crippen LogP contribution in [0.1, 0.15) is 31.4 Å². The highest BCUT2D eigenvalue weighted by Crippen LogP contribution is 2.51. The summed E-state index contributed by atoms with van der Waals surface area (Å²) < 4.78 is 9.57. The number of aromatic nitrogens is 3. The van der Waals surface area contributed by atoms with Crippen LogP contribution in [-0.2, 0) is 5.41 Å². The number of hydrogen-bond acceptors (Lipinski definition) is 3. The maximum atomic E-state index is 6.25. The van der Waals surface area contributed by atoms with Gasteiger partial charge in [0.25, 0.3) is 0 Å². The van der Waals surface area contributed by atoms with Crippen LogP contribution in [0.15, 0.2) is 184 Å². The summed E-state index contributed by atoms with van der Waals surface area (Å²) in [6.45, 7) is 4.75. The number of para-hydroxylation sites is 1. The number of benzene rings is 7. The number of hydrogen-bond donors (Lipinski definition) is 0. The molecule has 59 heavy (non-hydrogen) atoms. The minimum Gasteiger partial charge on any atom is -0.456 e. The van der Waals surface area contributed by atoms with Crippen molar-refractivity contribution in [2.45, 2.75) is 25.7 Å². The average molecular weight is 823 g/mol. The molecule has 0 fully saturated rings. The van der Waals surface area contributed by atoms with Gasteiger partial charge in [-0.25, -0.2) is 9.97 Å². The van der Waals surface area contributed by atoms with E-state index in [-0.39, 0.29) is 5.41 Å². The van der Waals surface area contributed by atoms with Crippen molar-refractivity contribution in [3.63, 3.8) is 0 Å². The first-order chi connectivity index (χ1) is 28.9. The Bertz CT molecular complexity index is 3490. The highest BCUT2D eigenvalue weighted by Gasteiger charge is 2.37. The summed E-state index contributed by atoms with van der Waals surface area (Å²) >= 11 is 3.78. The van der Waals surface area contributed by atoms with Crippen molar-refractivity contribution in [1.29, 1.82) is 0 Å². The lowest BCUT2D eigenvalue weighted by Gasteiger charge is -2.24. The fourth-order valence-corrected chi connectivity index (χ4v) is 10.2. The Morgan fingerprint density at radius 1 is 0.593 bits per heavy atom. The quantitative estimate of drug-likeness (QED) is 0.178. The topological polar surface area (TPSA) is 43.9 Å². The molecule has 0 amide bonds. The molecule has 2 aliphatic carbocycles. The predicted molar refractivity (Wildman–Crippen MR) is 248 cm³/mol. The van der Waals surface area contributed by atoms with Crippen molar-refractivity contribution < 1.29 is 4.42 Å². The molecule has 0 bridgehead atoms. The van der Waals surface area contributed by atoms with Crippen LogP contribution in [0.3, 0.4) is 0 Å². The zero-order valence-corrected chi connectivity index (χ0v) is 34.1. The Hall–Kier alpha value is -6.82. The lowest BCUT2D eigenvalue weighted by molar-refractivity contribution is 0.627. The van der Waals surface area contributed by atoms with Crippen LogP contribution in [0, 0.1) is 0 Å². The van der Waals surface area contributed by atoms with Gasteiger partial charge < -0.3 is 4.42 Å². The third-order valence-electron chi connectivity index (χ3n) is 12.6. The molecule has 0 radical (unpaired) electrons. The van der Waals surface area contributed by atoms with Crippen LogP contribution < -0.4 is 0 Å². The van der Waals surface area contributed by atoms with Crippen LogP contribution in [0.2, 0.25) is 0 Å². The third kappa shape index (κ3) is 5.21. The minimum absolute atomic E-state index is 0.122. The first kappa shape index (κ1) is 34.2. The fraction of sp³-hybridized carbons (Fsp3) is 0.0741. The van der Waals surface area contributed by atoms with E-state index >= 15 is 0 Å². The summed E-state index contributed by atoms with van der Waals surface area (Å²) in [5, 5.41) is 5.56. The Kier molecular flexibility index (Phi) is 7.45. The van der Waals surface area contributed by atoms with Crippen molar-refractivity contribution in [2.75, 3.05) is 0 Å². The highest BCUT2D eigenvalue weighted by molar-refractivity contribution is 9.10. The second-order valence-corrected chi connectivity index (χ2v) is 17.1. The summed E-state index contributed by atoms with van der Waals surface area (Å²) in [6.07, 6.45) is 9.86. The molecule has 0 N–H and O–H groups in total. The molecule has 10 aromatic rings. The molecule has 0 unspecified atom stereocenters. The van der Waals surface area contributed by atoms with Gasteiger partial charge >= 0.3 is 0 Å². The molecule has 5 heteroatoms. The molecule has 4 nitrogen and oxygen atoms in total. The van der Waals surface area contributed by atoms with Crippen LogP contribution >= 0.6 is 15.9 Å². The van der Waals surface area contributed by atoms with Gasteiger partial charge in [-0.05, 0) is 106 Å². The van der Waals surface area contributed by atoms with Crippen molar-refractivity contribution in [3.8, 4) is 39.5 Å². The van der Waals surface area contributed by atoms with Crippen LogP contribution in [0.4, 0.5) is 0 Å². The minimum atomic E-state index is -0.122. The Morgan fingerprint density at radius 2 is 1.32 bits per heavy atom. The molecule has 3 aromatic heterocycles. The molecular formula is C54H36BrN3O. The van der Waals surface area contributed by atoms with Crippen molar-refractivity contribution in [1.82, 2.24) is 14.5 Å². The second-order valence-electron chi connectivity index (χ2n) is 16.2. The smallest absolute Gasteiger partial charge is 0.235 e. The Morgan fingerprint density at radius 3 is 2.19 bits per heavy atom. The van der Waals surface area contributed by atoms with Gasteiger partial charge in [-0.15, -0.1) is 0 Å². The largest absolute Gasteiger partial charge is 0.456 e. The molecule has 0 saturated heterocycles. The van der Waals surface area contributed by atoms with Crippen LogP contribution in [0.5, 0.6) is 0 Å². The van der Waals surface area contributed by atoms with Crippen molar-refractivity contribution in [3.05, 3.63) is 191 Å². The molecule has 0 spiro atoms. The number of furan rings is 1. The number of fused-ring (bicyclic) bond motifs is 9. The van der Waals surface area contributed by atoms with Crippen molar-refractivity contribution >= 4 is 76.2 Å². The van der Waals surface area contributed by atoms with Crippen LogP contribution in [0.25, 0.3) is 99.7 Å². The van der Waals surface area contributed by atoms with E-state index in [1.54, 1.807) is 0 Å². The number of rotatable bonds is 4. The summed E-state index contributed by atoms with van der Waals surface area (Å²) in [7, 11) is 0. The molecule has 3 heterocycles. The maximum Gasteiger partial charge on any atom is 0.235 e. The summed E-state index contributed by atoms with van der Waals surface area (Å²) in [4.78, 5) is 10.8. The average Bonchev–Trinajstić information content (AvgIpc) is 3.77. The Labute approximate surface area is 349 Å². The SMILES string of the molecule is CC1(C)C2=C(C=CC=CC2)c2cc3c(cc21)c1cc(-c2ccc4oc5cccc(Br)c5c4c2)ccc1n3-c1nc(-c2ccc(-c3ccccc3)cc2)c2ccccc2n1. The second kappa shape index (κ2) is 12.8. The number of halogens is 1. The molecule has 12 rings (SSSR count). The molecular weight excluding hydrogens is 787 g/mol. The summed E-state index contributed by atoms with van der Waals surface area (Å²) in [5.41, 5.74) is 16.7. The number of allylic oxidation sites excluding steroid dienone is 6. The van der Waals surface area contributed by atoms with E-state index in [2.05, 4.69) is 192 Å². The van der Waals surface area contributed by atoms with E-state index in [4.69, 9.17) is 14.4 Å². The van der Waals surface area contributed by atoms with Gasteiger partial charge in [-0.2, -0.15) is 0 Å². The molecule has 0 saturated carbocycles. The first-order valence-corrected chi connectivity index (χ1v) is 20.9. The van der Waals surface area contributed by atoms with E-state index in [9.17, 15) is 0 Å². The predicted octanol–water partition coefficient (Wildman–Crippen LogP) is 15.0. The normalized spacial score (nSPS) is 14.6. The van der Waals surface area contributed by atoms with Crippen LogP contribution in [-0.4, -0.2) is 14.5 Å². The zero-order valence-electron chi connectivity index (χ0n) is 32.5. The third-order valence-corrected chi connectivity index (χ3v) is 13.3. The van der Waals surface area contributed by atoms with Gasteiger partial charge in [-0.1, -0.05) is 145 Å². The lowest BCUT2D eigenvalue weighted by Crippen LogP contribution is -2.17. The van der Waals surface area contributed by atoms with E-state index in [1.807, 2.05) is 12.1 Å². The fourth-order valence-electron chi connectivity index (χ4n) is 9.63. The zero-order chi connectivity index (χ0) is 39.4. The summed E-state index contributed by atoms with van der Waals surface area (Å²) in [6, 6.07) is 52.0. The number of nitrogens with zero attached hydrogens (tertiary/aromatic N) is 3. The molecule has 280 valence electrons. The monoisotopic (exact) mass is 821 g/mol. The Balaban J connectivity index is 1.11. The van der Waals surface area contributed by atoms with Gasteiger partial charge in [0.2, 0.25) is 5.95 Å². The first-order valence-electron chi connectivity index (χ1n) is 20.1. The van der Waals surface area contributed by atoms with Gasteiger partial charge in [0.1, 0.15) is 11.2 Å². The van der Waals surface area contributed by atoms with E-state index in [1.165, 1.54) is 38.8 Å². The maximum absolute atomic E-state index is 6.25.